The molecule has 0 unspecified atom stereocenters. The van der Waals surface area contributed by atoms with Gasteiger partial charge in [-0.05, 0) is 62.9 Å². The number of nitrogens with zero attached hydrogens (tertiary/aromatic N) is 3. The molecule has 1 N–H and O–H groups in total. The summed E-state index contributed by atoms with van der Waals surface area (Å²) < 4.78 is 27.7. The fourth-order valence-corrected chi connectivity index (χ4v) is 4.97. The minimum absolute atomic E-state index is 0.0663. The number of piperidine rings is 1. The van der Waals surface area contributed by atoms with Crippen molar-refractivity contribution in [2.24, 2.45) is 5.92 Å². The fourth-order valence-electron chi connectivity index (χ4n) is 4.97. The highest BCUT2D eigenvalue weighted by Crippen LogP contribution is 2.24. The number of benzene rings is 2. The molecule has 0 aliphatic carbocycles. The topological polar surface area (TPSA) is 38.8 Å². The highest BCUT2D eigenvalue weighted by molar-refractivity contribution is 5.75. The monoisotopic (exact) mass is 456 g/mol. The van der Waals surface area contributed by atoms with Crippen LogP contribution in [0.15, 0.2) is 48.5 Å². The van der Waals surface area contributed by atoms with Crippen LogP contribution in [0.3, 0.4) is 0 Å². The zero-order valence-electron chi connectivity index (χ0n) is 19.4. The number of nitrogens with one attached hydrogen (secondary N) is 1. The van der Waals surface area contributed by atoms with E-state index in [9.17, 15) is 13.6 Å². The third kappa shape index (κ3) is 6.22. The Hall–Kier alpha value is -2.67. The number of anilines is 1. The van der Waals surface area contributed by atoms with E-state index < -0.39 is 11.6 Å². The summed E-state index contributed by atoms with van der Waals surface area (Å²) in [6, 6.07) is 13.9. The van der Waals surface area contributed by atoms with Crippen LogP contribution in [0.1, 0.15) is 31.7 Å². The molecule has 0 saturated carbocycles. The molecule has 2 fully saturated rings. The van der Waals surface area contributed by atoms with Gasteiger partial charge < -0.3 is 15.1 Å². The molecule has 2 heterocycles. The van der Waals surface area contributed by atoms with E-state index in [1.165, 1.54) is 11.6 Å². The number of urea groups is 1. The van der Waals surface area contributed by atoms with E-state index >= 15 is 0 Å². The predicted octanol–water partition coefficient (Wildman–Crippen LogP) is 4.49. The summed E-state index contributed by atoms with van der Waals surface area (Å²) in [5, 5.41) is 3.08. The van der Waals surface area contributed by atoms with E-state index in [2.05, 4.69) is 40.5 Å². The molecule has 0 radical (unpaired) electrons. The second kappa shape index (κ2) is 11.0. The lowest BCUT2D eigenvalue weighted by molar-refractivity contribution is 0.162. The van der Waals surface area contributed by atoms with Gasteiger partial charge in [-0.15, -0.1) is 0 Å². The number of halogens is 2. The number of carbonyl (C=O) groups is 1. The molecule has 2 aliphatic rings. The summed E-state index contributed by atoms with van der Waals surface area (Å²) in [7, 11) is 0. The zero-order valence-corrected chi connectivity index (χ0v) is 19.4. The normalized spacial score (nSPS) is 20.2. The van der Waals surface area contributed by atoms with Crippen LogP contribution in [0, 0.1) is 17.6 Å². The van der Waals surface area contributed by atoms with Crippen molar-refractivity contribution in [3.63, 3.8) is 0 Å². The first-order valence-corrected chi connectivity index (χ1v) is 12.0. The Labute approximate surface area is 195 Å². The highest BCUT2D eigenvalue weighted by Gasteiger charge is 2.29. The first kappa shape index (κ1) is 23.5. The zero-order chi connectivity index (χ0) is 23.2. The number of amides is 2. The standard InChI is InChI=1S/C26H34F2N4O/c1-20-18-31(25-17-23(27)7-8-24(25)28)15-16-32(20)26(33)29-12-9-21-10-13-30(14-11-21)19-22-5-3-2-4-6-22/h2-8,17,20-21H,9-16,18-19H2,1H3,(H,29,33)/t20-/m1/s1. The van der Waals surface area contributed by atoms with Crippen LogP contribution >= 0.6 is 0 Å². The van der Waals surface area contributed by atoms with Crippen LogP contribution in [-0.2, 0) is 6.54 Å². The molecule has 0 bridgehead atoms. The number of piperazine rings is 1. The van der Waals surface area contributed by atoms with E-state index in [4.69, 9.17) is 0 Å². The van der Waals surface area contributed by atoms with Gasteiger partial charge in [-0.25, -0.2) is 13.6 Å². The molecule has 2 amide bonds. The van der Waals surface area contributed by atoms with Crippen LogP contribution in [0.5, 0.6) is 0 Å². The molecule has 0 aromatic heterocycles. The Morgan fingerprint density at radius 2 is 1.79 bits per heavy atom. The van der Waals surface area contributed by atoms with Crippen molar-refractivity contribution >= 4 is 11.7 Å². The van der Waals surface area contributed by atoms with Gasteiger partial charge in [0.15, 0.2) is 0 Å². The highest BCUT2D eigenvalue weighted by atomic mass is 19.1. The van der Waals surface area contributed by atoms with Gasteiger partial charge in [0, 0.05) is 44.8 Å². The second-order valence-corrected chi connectivity index (χ2v) is 9.31. The van der Waals surface area contributed by atoms with Crippen LogP contribution < -0.4 is 10.2 Å². The van der Waals surface area contributed by atoms with Crippen LogP contribution in [0.25, 0.3) is 0 Å². The molecule has 33 heavy (non-hydrogen) atoms. The van der Waals surface area contributed by atoms with Gasteiger partial charge >= 0.3 is 6.03 Å². The number of likely N-dealkylation sites (tertiary alicyclic amines) is 1. The number of carbonyl (C=O) groups excluding carboxylic acids is 1. The molecular formula is C26H34F2N4O. The fraction of sp³-hybridized carbons (Fsp3) is 0.500. The van der Waals surface area contributed by atoms with E-state index in [0.29, 0.717) is 32.1 Å². The van der Waals surface area contributed by atoms with Crippen molar-refractivity contribution in [3.8, 4) is 0 Å². The van der Waals surface area contributed by atoms with Gasteiger partial charge in [0.2, 0.25) is 0 Å². The van der Waals surface area contributed by atoms with E-state index in [1.807, 2.05) is 11.8 Å². The Morgan fingerprint density at radius 1 is 1.03 bits per heavy atom. The van der Waals surface area contributed by atoms with Crippen LogP contribution in [-0.4, -0.2) is 61.1 Å². The maximum absolute atomic E-state index is 14.1. The summed E-state index contributed by atoms with van der Waals surface area (Å²) in [5.74, 6) is -0.246. The number of hydrogen-bond donors (Lipinski definition) is 1. The van der Waals surface area contributed by atoms with Crippen molar-refractivity contribution < 1.29 is 13.6 Å². The van der Waals surface area contributed by atoms with E-state index in [0.717, 1.165) is 51.0 Å². The second-order valence-electron chi connectivity index (χ2n) is 9.31. The van der Waals surface area contributed by atoms with Crippen molar-refractivity contribution in [1.29, 1.82) is 0 Å². The maximum Gasteiger partial charge on any atom is 0.317 e. The maximum atomic E-state index is 14.1. The molecular weight excluding hydrogens is 422 g/mol. The van der Waals surface area contributed by atoms with Gasteiger partial charge in [-0.3, -0.25) is 4.90 Å². The van der Waals surface area contributed by atoms with Gasteiger partial charge in [0.05, 0.1) is 5.69 Å². The molecule has 178 valence electrons. The SMILES string of the molecule is C[C@@H]1CN(c2cc(F)ccc2F)CCN1C(=O)NCCC1CCN(Cc2ccccc2)CC1. The van der Waals surface area contributed by atoms with Crippen LogP contribution in [0.2, 0.25) is 0 Å². The summed E-state index contributed by atoms with van der Waals surface area (Å²) in [5.41, 5.74) is 1.62. The smallest absolute Gasteiger partial charge is 0.317 e. The van der Waals surface area contributed by atoms with Crippen molar-refractivity contribution in [2.75, 3.05) is 44.2 Å². The molecule has 2 saturated heterocycles. The lowest BCUT2D eigenvalue weighted by atomic mass is 9.93. The minimum atomic E-state index is -0.454. The predicted molar refractivity (Wildman–Crippen MR) is 127 cm³/mol. The molecule has 2 aromatic carbocycles. The molecule has 5 nitrogen and oxygen atoms in total. The summed E-state index contributed by atoms with van der Waals surface area (Å²) in [6.45, 7) is 7.28. The molecule has 7 heteroatoms. The lowest BCUT2D eigenvalue weighted by Gasteiger charge is -2.41. The lowest BCUT2D eigenvalue weighted by Crippen LogP contribution is -2.57. The largest absolute Gasteiger partial charge is 0.365 e. The number of rotatable bonds is 6. The molecule has 2 aliphatic heterocycles. The van der Waals surface area contributed by atoms with Gasteiger partial charge in [-0.2, -0.15) is 0 Å². The first-order chi connectivity index (χ1) is 16.0. The number of hydrogen-bond acceptors (Lipinski definition) is 3. The third-order valence-electron chi connectivity index (χ3n) is 6.92. The van der Waals surface area contributed by atoms with Crippen molar-refractivity contribution in [2.45, 2.75) is 38.8 Å². The van der Waals surface area contributed by atoms with Gasteiger partial charge in [0.1, 0.15) is 11.6 Å². The first-order valence-electron chi connectivity index (χ1n) is 12.0. The van der Waals surface area contributed by atoms with E-state index in [-0.39, 0.29) is 17.8 Å². The Morgan fingerprint density at radius 3 is 2.52 bits per heavy atom. The quantitative estimate of drug-likeness (QED) is 0.696. The summed E-state index contributed by atoms with van der Waals surface area (Å²) in [6.07, 6.45) is 3.32. The van der Waals surface area contributed by atoms with Crippen molar-refractivity contribution in [1.82, 2.24) is 15.1 Å². The van der Waals surface area contributed by atoms with E-state index in [1.54, 1.807) is 4.90 Å². The van der Waals surface area contributed by atoms with Crippen molar-refractivity contribution in [3.05, 3.63) is 65.7 Å². The summed E-state index contributed by atoms with van der Waals surface area (Å²) >= 11 is 0. The van der Waals surface area contributed by atoms with Gasteiger partial charge in [-0.1, -0.05) is 30.3 Å². The Bertz CT molecular complexity index is 918. The molecule has 0 spiro atoms. The average Bonchev–Trinajstić information content (AvgIpc) is 2.82. The molecule has 4 rings (SSSR count). The molecule has 2 aromatic rings. The van der Waals surface area contributed by atoms with Gasteiger partial charge in [0.25, 0.3) is 0 Å². The van der Waals surface area contributed by atoms with Crippen LogP contribution in [0.4, 0.5) is 19.3 Å². The molecule has 1 atom stereocenters. The Kier molecular flexibility index (Phi) is 7.81. The third-order valence-corrected chi connectivity index (χ3v) is 6.92. The average molecular weight is 457 g/mol. The Balaban J connectivity index is 1.17. The summed E-state index contributed by atoms with van der Waals surface area (Å²) in [4.78, 5) is 18.8. The minimum Gasteiger partial charge on any atom is -0.365 e.